The molecule has 0 spiro atoms. The zero-order valence-corrected chi connectivity index (χ0v) is 11.8. The van der Waals surface area contributed by atoms with Gasteiger partial charge in [-0.3, -0.25) is 4.79 Å². The lowest BCUT2D eigenvalue weighted by Crippen LogP contribution is -2.39. The Morgan fingerprint density at radius 1 is 1.47 bits per heavy atom. The highest BCUT2D eigenvalue weighted by Crippen LogP contribution is 2.33. The molecule has 0 aliphatic carbocycles. The van der Waals surface area contributed by atoms with Gasteiger partial charge < -0.3 is 15.0 Å². The molecule has 0 saturated carbocycles. The van der Waals surface area contributed by atoms with Crippen LogP contribution < -0.4 is 10.2 Å². The van der Waals surface area contributed by atoms with Gasteiger partial charge in [-0.1, -0.05) is 25.1 Å². The largest absolute Gasteiger partial charge is 0.384 e. The highest BCUT2D eigenvalue weighted by Gasteiger charge is 2.28. The summed E-state index contributed by atoms with van der Waals surface area (Å²) < 4.78 is 5.14. The minimum Gasteiger partial charge on any atom is -0.384 e. The van der Waals surface area contributed by atoms with E-state index in [2.05, 4.69) is 18.3 Å². The smallest absolute Gasteiger partial charge is 0.228 e. The second-order valence-corrected chi connectivity index (χ2v) is 5.24. The monoisotopic (exact) mass is 262 g/mol. The highest BCUT2D eigenvalue weighted by atomic mass is 16.5. The number of para-hydroxylation sites is 1. The predicted octanol–water partition coefficient (Wildman–Crippen LogP) is 1.97. The molecule has 19 heavy (non-hydrogen) atoms. The van der Waals surface area contributed by atoms with E-state index in [-0.39, 0.29) is 11.9 Å². The van der Waals surface area contributed by atoms with Crippen molar-refractivity contribution in [1.82, 2.24) is 5.32 Å². The molecule has 0 fully saturated rings. The molecule has 0 bridgehead atoms. The van der Waals surface area contributed by atoms with Crippen molar-refractivity contribution in [1.29, 1.82) is 0 Å². The first kappa shape index (κ1) is 14.0. The molecule has 1 N–H and O–H groups in total. The van der Waals surface area contributed by atoms with Gasteiger partial charge in [0.05, 0.1) is 0 Å². The van der Waals surface area contributed by atoms with E-state index in [4.69, 9.17) is 4.74 Å². The van der Waals surface area contributed by atoms with Crippen LogP contribution in [-0.2, 0) is 9.53 Å². The number of nitrogens with one attached hydrogen (secondary N) is 1. The summed E-state index contributed by atoms with van der Waals surface area (Å²) in [5, 5.41) is 3.49. The molecule has 0 aromatic heterocycles. The van der Waals surface area contributed by atoms with Crippen molar-refractivity contribution >= 4 is 11.6 Å². The fraction of sp³-hybridized carbons (Fsp3) is 0.533. The average molecular weight is 262 g/mol. The molecule has 4 heteroatoms. The number of carbonyl (C=O) groups excluding carboxylic acids is 1. The van der Waals surface area contributed by atoms with E-state index in [9.17, 15) is 4.79 Å². The molecular formula is C15H22N2O2. The summed E-state index contributed by atoms with van der Waals surface area (Å²) in [4.78, 5) is 13.7. The molecule has 2 unspecified atom stereocenters. The van der Waals surface area contributed by atoms with Crippen LogP contribution in [0.3, 0.4) is 0 Å². The number of hydrogen-bond donors (Lipinski definition) is 1. The summed E-state index contributed by atoms with van der Waals surface area (Å²) in [6.45, 7) is 3.72. The van der Waals surface area contributed by atoms with Crippen molar-refractivity contribution in [3.05, 3.63) is 29.8 Å². The van der Waals surface area contributed by atoms with Crippen molar-refractivity contribution in [2.75, 3.05) is 32.2 Å². The van der Waals surface area contributed by atoms with Gasteiger partial charge in [-0.05, 0) is 17.5 Å². The van der Waals surface area contributed by atoms with Crippen molar-refractivity contribution in [3.63, 3.8) is 0 Å². The Hall–Kier alpha value is -1.39. The number of anilines is 1. The zero-order chi connectivity index (χ0) is 13.8. The van der Waals surface area contributed by atoms with Crippen LogP contribution in [0.5, 0.6) is 0 Å². The topological polar surface area (TPSA) is 41.6 Å². The number of fused-ring (bicyclic) bond motifs is 1. The number of benzene rings is 1. The van der Waals surface area contributed by atoms with E-state index in [1.807, 2.05) is 25.2 Å². The number of nitrogens with zero attached hydrogens (tertiary/aromatic N) is 1. The third-order valence-electron chi connectivity index (χ3n) is 3.59. The van der Waals surface area contributed by atoms with E-state index in [0.717, 1.165) is 18.8 Å². The van der Waals surface area contributed by atoms with Gasteiger partial charge in [0.2, 0.25) is 5.91 Å². The molecule has 1 heterocycles. The molecule has 4 nitrogen and oxygen atoms in total. The molecule has 1 aliphatic heterocycles. The Morgan fingerprint density at radius 3 is 2.95 bits per heavy atom. The molecule has 2 atom stereocenters. The van der Waals surface area contributed by atoms with Gasteiger partial charge >= 0.3 is 0 Å². The number of methoxy groups -OCH3 is 1. The van der Waals surface area contributed by atoms with Crippen molar-refractivity contribution in [2.45, 2.75) is 19.4 Å². The Morgan fingerprint density at radius 2 is 2.21 bits per heavy atom. The summed E-state index contributed by atoms with van der Waals surface area (Å²) in [7, 11) is 3.55. The Labute approximate surface area is 114 Å². The molecule has 0 radical (unpaired) electrons. The Bertz CT molecular complexity index is 448. The molecule has 2 rings (SSSR count). The minimum absolute atomic E-state index is 0.110. The fourth-order valence-corrected chi connectivity index (χ4v) is 2.51. The lowest BCUT2D eigenvalue weighted by atomic mass is 9.95. The molecule has 1 aromatic carbocycles. The number of ether oxygens (including phenoxy) is 1. The van der Waals surface area contributed by atoms with Crippen LogP contribution in [-0.4, -0.2) is 33.2 Å². The van der Waals surface area contributed by atoms with Crippen LogP contribution in [0.2, 0.25) is 0 Å². The van der Waals surface area contributed by atoms with Gasteiger partial charge in [0.25, 0.3) is 0 Å². The van der Waals surface area contributed by atoms with Gasteiger partial charge in [0, 0.05) is 45.5 Å². The van der Waals surface area contributed by atoms with Gasteiger partial charge in [0.15, 0.2) is 0 Å². The fourth-order valence-electron chi connectivity index (χ4n) is 2.51. The lowest BCUT2D eigenvalue weighted by molar-refractivity contribution is -0.119. The van der Waals surface area contributed by atoms with Crippen LogP contribution in [0.25, 0.3) is 0 Å². The van der Waals surface area contributed by atoms with Crippen LogP contribution in [0.4, 0.5) is 5.69 Å². The third-order valence-corrected chi connectivity index (χ3v) is 3.59. The maximum Gasteiger partial charge on any atom is 0.228 e. The van der Waals surface area contributed by atoms with Gasteiger partial charge in [-0.15, -0.1) is 0 Å². The molecular weight excluding hydrogens is 240 g/mol. The summed E-state index contributed by atoms with van der Waals surface area (Å²) in [5.41, 5.74) is 2.21. The van der Waals surface area contributed by atoms with E-state index >= 15 is 0 Å². The number of hydrogen-bond acceptors (Lipinski definition) is 3. The summed E-state index contributed by atoms with van der Waals surface area (Å²) in [5.74, 6) is 0.600. The van der Waals surface area contributed by atoms with Crippen LogP contribution >= 0.6 is 0 Å². The summed E-state index contributed by atoms with van der Waals surface area (Å²) in [6, 6.07) is 8.20. The predicted molar refractivity (Wildman–Crippen MR) is 76.3 cm³/mol. The maximum absolute atomic E-state index is 12.0. The average Bonchev–Trinajstić information content (AvgIpc) is 2.42. The SMILES string of the molecule is COCC(C)CNC1CC(=O)N(C)c2ccccc21. The molecule has 1 aromatic rings. The van der Waals surface area contributed by atoms with Gasteiger partial charge in [-0.25, -0.2) is 0 Å². The van der Waals surface area contributed by atoms with Gasteiger partial charge in [-0.2, -0.15) is 0 Å². The molecule has 1 amide bonds. The van der Waals surface area contributed by atoms with E-state index in [0.29, 0.717) is 12.3 Å². The number of rotatable bonds is 5. The van der Waals surface area contributed by atoms with Crippen LogP contribution in [0, 0.1) is 5.92 Å². The van der Waals surface area contributed by atoms with Gasteiger partial charge in [0.1, 0.15) is 0 Å². The number of carbonyl (C=O) groups is 1. The first-order valence-electron chi connectivity index (χ1n) is 6.71. The van der Waals surface area contributed by atoms with Crippen LogP contribution in [0.1, 0.15) is 24.9 Å². The normalized spacial score (nSPS) is 20.3. The van der Waals surface area contributed by atoms with E-state index < -0.39 is 0 Å². The third kappa shape index (κ3) is 3.14. The Balaban J connectivity index is 2.09. The molecule has 104 valence electrons. The maximum atomic E-state index is 12.0. The van der Waals surface area contributed by atoms with Crippen LogP contribution in [0.15, 0.2) is 24.3 Å². The first-order valence-corrected chi connectivity index (χ1v) is 6.71. The second-order valence-electron chi connectivity index (χ2n) is 5.24. The summed E-state index contributed by atoms with van der Waals surface area (Å²) >= 11 is 0. The summed E-state index contributed by atoms with van der Waals surface area (Å²) in [6.07, 6.45) is 0.521. The van der Waals surface area contributed by atoms with E-state index in [1.54, 1.807) is 12.0 Å². The van der Waals surface area contributed by atoms with Crippen molar-refractivity contribution in [3.8, 4) is 0 Å². The zero-order valence-electron chi connectivity index (χ0n) is 11.8. The standard InChI is InChI=1S/C15H22N2O2/c1-11(10-19-3)9-16-13-8-15(18)17(2)14-7-5-4-6-12(13)14/h4-7,11,13,16H,8-10H2,1-3H3. The van der Waals surface area contributed by atoms with E-state index in [1.165, 1.54) is 5.56 Å². The Kier molecular flexibility index (Phi) is 4.56. The van der Waals surface area contributed by atoms with Crippen molar-refractivity contribution in [2.24, 2.45) is 5.92 Å². The number of amides is 1. The lowest BCUT2D eigenvalue weighted by Gasteiger charge is -2.32. The molecule has 0 saturated heterocycles. The first-order chi connectivity index (χ1) is 9.13. The van der Waals surface area contributed by atoms with Crippen molar-refractivity contribution < 1.29 is 9.53 Å². The highest BCUT2D eigenvalue weighted by molar-refractivity contribution is 5.96. The molecule has 1 aliphatic rings. The quantitative estimate of drug-likeness (QED) is 0.882. The second kappa shape index (κ2) is 6.17. The minimum atomic E-state index is 0.110.